The topological polar surface area (TPSA) is 79.2 Å². The summed E-state index contributed by atoms with van der Waals surface area (Å²) in [5, 5.41) is 18.6. The monoisotopic (exact) mass is 254 g/mol. The molecule has 102 valence electrons. The predicted octanol–water partition coefficient (Wildman–Crippen LogP) is 0.279. The molecule has 0 spiro atoms. The second-order valence-electron chi connectivity index (χ2n) is 4.62. The van der Waals surface area contributed by atoms with Gasteiger partial charge < -0.3 is 15.7 Å². The first-order valence-electron chi connectivity index (χ1n) is 6.15. The molecule has 2 unspecified atom stereocenters. The summed E-state index contributed by atoms with van der Waals surface area (Å²) < 4.78 is 1.74. The van der Waals surface area contributed by atoms with Crippen LogP contribution in [0.3, 0.4) is 0 Å². The Morgan fingerprint density at radius 2 is 2.28 bits per heavy atom. The van der Waals surface area contributed by atoms with Crippen molar-refractivity contribution in [3.05, 3.63) is 18.0 Å². The molecule has 0 saturated carbocycles. The minimum atomic E-state index is -0.202. The van der Waals surface area contributed by atoms with Gasteiger partial charge in [0.1, 0.15) is 0 Å². The molecule has 2 amide bonds. The zero-order valence-corrected chi connectivity index (χ0v) is 11.2. The maximum atomic E-state index is 11.5. The highest BCUT2D eigenvalue weighted by Crippen LogP contribution is 2.00. The molecule has 0 bridgehead atoms. The van der Waals surface area contributed by atoms with Crippen LogP contribution in [0.15, 0.2) is 12.4 Å². The Hall–Kier alpha value is -1.56. The van der Waals surface area contributed by atoms with Crippen LogP contribution in [0.4, 0.5) is 4.79 Å². The lowest BCUT2D eigenvalue weighted by Gasteiger charge is -2.19. The fourth-order valence-electron chi connectivity index (χ4n) is 1.48. The van der Waals surface area contributed by atoms with Crippen LogP contribution in [0.2, 0.25) is 0 Å². The van der Waals surface area contributed by atoms with Gasteiger partial charge in [-0.1, -0.05) is 6.92 Å². The maximum absolute atomic E-state index is 11.5. The highest BCUT2D eigenvalue weighted by atomic mass is 16.3. The number of amides is 2. The van der Waals surface area contributed by atoms with E-state index in [0.29, 0.717) is 6.54 Å². The van der Waals surface area contributed by atoms with Crippen molar-refractivity contribution in [1.29, 1.82) is 0 Å². The van der Waals surface area contributed by atoms with Crippen LogP contribution in [0.5, 0.6) is 0 Å². The molecule has 6 heteroatoms. The van der Waals surface area contributed by atoms with Gasteiger partial charge in [-0.05, 0) is 24.8 Å². The Bertz CT molecular complexity index is 378. The van der Waals surface area contributed by atoms with Crippen LogP contribution in [0, 0.1) is 5.92 Å². The number of hydrogen-bond acceptors (Lipinski definition) is 3. The molecule has 3 N–H and O–H groups in total. The SMILES string of the molecule is CC(CO)C(C)NC(=O)NCCc1cnn(C)c1. The summed E-state index contributed by atoms with van der Waals surface area (Å²) in [6.07, 6.45) is 4.47. The van der Waals surface area contributed by atoms with Crippen molar-refractivity contribution in [1.82, 2.24) is 20.4 Å². The average molecular weight is 254 g/mol. The third kappa shape index (κ3) is 4.75. The fourth-order valence-corrected chi connectivity index (χ4v) is 1.48. The minimum absolute atomic E-state index is 0.0478. The minimum Gasteiger partial charge on any atom is -0.396 e. The lowest BCUT2D eigenvalue weighted by molar-refractivity contribution is 0.200. The summed E-state index contributed by atoms with van der Waals surface area (Å²) >= 11 is 0. The number of nitrogens with zero attached hydrogens (tertiary/aromatic N) is 2. The summed E-state index contributed by atoms with van der Waals surface area (Å²) in [6.45, 7) is 4.40. The number of aryl methyl sites for hydroxylation is 1. The van der Waals surface area contributed by atoms with E-state index in [0.717, 1.165) is 12.0 Å². The van der Waals surface area contributed by atoms with E-state index < -0.39 is 0 Å². The van der Waals surface area contributed by atoms with Crippen molar-refractivity contribution in [3.8, 4) is 0 Å². The number of rotatable bonds is 6. The number of hydrogen-bond donors (Lipinski definition) is 3. The van der Waals surface area contributed by atoms with Gasteiger partial charge in [-0.3, -0.25) is 4.68 Å². The van der Waals surface area contributed by atoms with E-state index in [1.165, 1.54) is 0 Å². The summed E-state index contributed by atoms with van der Waals surface area (Å²) in [4.78, 5) is 11.5. The van der Waals surface area contributed by atoms with Crippen molar-refractivity contribution in [2.24, 2.45) is 13.0 Å². The predicted molar refractivity (Wildman–Crippen MR) is 69.2 cm³/mol. The van der Waals surface area contributed by atoms with E-state index in [1.807, 2.05) is 27.1 Å². The molecule has 1 rings (SSSR count). The first-order chi connectivity index (χ1) is 8.52. The summed E-state index contributed by atoms with van der Waals surface area (Å²) in [6, 6.07) is -0.250. The number of carbonyl (C=O) groups excluding carboxylic acids is 1. The van der Waals surface area contributed by atoms with Crippen molar-refractivity contribution in [2.75, 3.05) is 13.2 Å². The zero-order valence-electron chi connectivity index (χ0n) is 11.2. The van der Waals surface area contributed by atoms with Gasteiger partial charge in [-0.15, -0.1) is 0 Å². The molecule has 0 aliphatic rings. The molecular formula is C12H22N4O2. The molecule has 2 atom stereocenters. The molecule has 1 aromatic rings. The van der Waals surface area contributed by atoms with Gasteiger partial charge in [0.05, 0.1) is 6.20 Å². The van der Waals surface area contributed by atoms with Crippen LogP contribution >= 0.6 is 0 Å². The van der Waals surface area contributed by atoms with E-state index in [9.17, 15) is 4.79 Å². The van der Waals surface area contributed by atoms with Crippen molar-refractivity contribution in [3.63, 3.8) is 0 Å². The van der Waals surface area contributed by atoms with E-state index in [-0.39, 0.29) is 24.6 Å². The molecule has 0 fully saturated rings. The molecule has 0 aromatic carbocycles. The number of aromatic nitrogens is 2. The molecule has 0 radical (unpaired) electrons. The van der Waals surface area contributed by atoms with Crippen LogP contribution in [-0.4, -0.2) is 40.1 Å². The molecule has 1 heterocycles. The molecular weight excluding hydrogens is 232 g/mol. The van der Waals surface area contributed by atoms with Crippen LogP contribution in [-0.2, 0) is 13.5 Å². The van der Waals surface area contributed by atoms with Crippen molar-refractivity contribution in [2.45, 2.75) is 26.3 Å². The number of aliphatic hydroxyl groups excluding tert-OH is 1. The van der Waals surface area contributed by atoms with Gasteiger partial charge in [0.15, 0.2) is 0 Å². The Balaban J connectivity index is 2.21. The van der Waals surface area contributed by atoms with Gasteiger partial charge >= 0.3 is 6.03 Å². The van der Waals surface area contributed by atoms with E-state index in [2.05, 4.69) is 15.7 Å². The lowest BCUT2D eigenvalue weighted by Crippen LogP contribution is -2.44. The molecule has 0 aliphatic heterocycles. The summed E-state index contributed by atoms with van der Waals surface area (Å²) in [5.74, 6) is 0.0501. The number of urea groups is 1. The summed E-state index contributed by atoms with van der Waals surface area (Å²) in [7, 11) is 1.86. The Morgan fingerprint density at radius 1 is 1.56 bits per heavy atom. The molecule has 0 aliphatic carbocycles. The van der Waals surface area contributed by atoms with Crippen LogP contribution in [0.1, 0.15) is 19.4 Å². The van der Waals surface area contributed by atoms with Gasteiger partial charge in [0, 0.05) is 32.4 Å². The first-order valence-corrected chi connectivity index (χ1v) is 6.15. The number of nitrogens with one attached hydrogen (secondary N) is 2. The van der Waals surface area contributed by atoms with Crippen molar-refractivity contribution < 1.29 is 9.90 Å². The van der Waals surface area contributed by atoms with Crippen LogP contribution < -0.4 is 10.6 Å². The molecule has 6 nitrogen and oxygen atoms in total. The van der Waals surface area contributed by atoms with E-state index in [4.69, 9.17) is 5.11 Å². The van der Waals surface area contributed by atoms with Crippen LogP contribution in [0.25, 0.3) is 0 Å². The maximum Gasteiger partial charge on any atom is 0.315 e. The number of carbonyl (C=O) groups is 1. The third-order valence-corrected chi connectivity index (χ3v) is 2.96. The standard InChI is InChI=1S/C12H22N4O2/c1-9(8-17)10(2)15-12(18)13-5-4-11-6-14-16(3)7-11/h6-7,9-10,17H,4-5,8H2,1-3H3,(H2,13,15,18). The van der Waals surface area contributed by atoms with E-state index in [1.54, 1.807) is 10.9 Å². The zero-order chi connectivity index (χ0) is 13.5. The highest BCUT2D eigenvalue weighted by Gasteiger charge is 2.13. The lowest BCUT2D eigenvalue weighted by atomic mass is 10.1. The molecule has 18 heavy (non-hydrogen) atoms. The fraction of sp³-hybridized carbons (Fsp3) is 0.667. The first kappa shape index (κ1) is 14.5. The molecule has 0 saturated heterocycles. The average Bonchev–Trinajstić information content (AvgIpc) is 2.73. The largest absolute Gasteiger partial charge is 0.396 e. The van der Waals surface area contributed by atoms with Gasteiger partial charge in [0.2, 0.25) is 0 Å². The Morgan fingerprint density at radius 3 is 2.83 bits per heavy atom. The Kier molecular flexibility index (Phi) is 5.64. The second-order valence-corrected chi connectivity index (χ2v) is 4.62. The summed E-state index contributed by atoms with van der Waals surface area (Å²) in [5.41, 5.74) is 1.09. The number of aliphatic hydroxyl groups is 1. The van der Waals surface area contributed by atoms with Crippen molar-refractivity contribution >= 4 is 6.03 Å². The van der Waals surface area contributed by atoms with Gasteiger partial charge in [0.25, 0.3) is 0 Å². The van der Waals surface area contributed by atoms with Gasteiger partial charge in [-0.2, -0.15) is 5.10 Å². The smallest absolute Gasteiger partial charge is 0.315 e. The van der Waals surface area contributed by atoms with E-state index >= 15 is 0 Å². The molecule has 1 aromatic heterocycles. The Labute approximate surface area is 107 Å². The third-order valence-electron chi connectivity index (χ3n) is 2.96. The highest BCUT2D eigenvalue weighted by molar-refractivity contribution is 5.74. The second kappa shape index (κ2) is 7.00. The van der Waals surface area contributed by atoms with Gasteiger partial charge in [-0.25, -0.2) is 4.79 Å². The quantitative estimate of drug-likeness (QED) is 0.682. The normalized spacial score (nSPS) is 14.0.